The number of carbonyl (C=O) groups is 1. The van der Waals surface area contributed by atoms with Gasteiger partial charge in [0, 0.05) is 10.6 Å². The van der Waals surface area contributed by atoms with E-state index in [2.05, 4.69) is 16.4 Å². The Labute approximate surface area is 149 Å². The normalized spacial score (nSPS) is 12.2. The van der Waals surface area contributed by atoms with Crippen molar-refractivity contribution in [2.45, 2.75) is 30.4 Å². The molecule has 1 heterocycles. The number of carbonyl (C=O) groups excluding carboxylic acids is 1. The van der Waals surface area contributed by atoms with Crippen LogP contribution in [-0.2, 0) is 4.79 Å². The van der Waals surface area contributed by atoms with Crippen molar-refractivity contribution in [1.29, 1.82) is 0 Å². The van der Waals surface area contributed by atoms with Crippen LogP contribution in [0.5, 0.6) is 0 Å². The fraction of sp³-hybridized carbons (Fsp3) is 0.222. The number of nitrogen functional groups attached to an aromatic ring is 1. The molecular weight excluding hydrogens is 338 g/mol. The lowest BCUT2D eigenvalue weighted by molar-refractivity contribution is -0.115. The summed E-state index contributed by atoms with van der Waals surface area (Å²) >= 11 is 3.03. The van der Waals surface area contributed by atoms with E-state index >= 15 is 0 Å². The molecule has 1 aromatic heterocycles. The van der Waals surface area contributed by atoms with Gasteiger partial charge in [0.05, 0.1) is 15.5 Å². The van der Waals surface area contributed by atoms with Crippen LogP contribution >= 0.6 is 23.1 Å². The van der Waals surface area contributed by atoms with Crippen molar-refractivity contribution in [3.05, 3.63) is 48.0 Å². The van der Waals surface area contributed by atoms with Crippen LogP contribution in [0, 0.1) is 6.92 Å². The highest BCUT2D eigenvalue weighted by Crippen LogP contribution is 2.30. The summed E-state index contributed by atoms with van der Waals surface area (Å²) in [5.41, 5.74) is 8.62. The van der Waals surface area contributed by atoms with Crippen LogP contribution in [0.3, 0.4) is 0 Å². The summed E-state index contributed by atoms with van der Waals surface area (Å²) in [6.07, 6.45) is 0.731. The first-order valence-electron chi connectivity index (χ1n) is 7.75. The van der Waals surface area contributed by atoms with E-state index in [-0.39, 0.29) is 11.2 Å². The minimum Gasteiger partial charge on any atom is -0.399 e. The van der Waals surface area contributed by atoms with Gasteiger partial charge in [-0.05, 0) is 49.2 Å². The molecule has 3 aromatic rings. The van der Waals surface area contributed by atoms with Gasteiger partial charge in [-0.3, -0.25) is 4.79 Å². The van der Waals surface area contributed by atoms with Gasteiger partial charge in [-0.15, -0.1) is 11.8 Å². The van der Waals surface area contributed by atoms with Crippen molar-refractivity contribution < 1.29 is 4.79 Å². The van der Waals surface area contributed by atoms with Crippen molar-refractivity contribution in [2.24, 2.45) is 0 Å². The summed E-state index contributed by atoms with van der Waals surface area (Å²) in [6, 6.07) is 13.7. The number of nitrogens with one attached hydrogen (secondary N) is 1. The van der Waals surface area contributed by atoms with Gasteiger partial charge >= 0.3 is 0 Å². The highest BCUT2D eigenvalue weighted by atomic mass is 32.2. The van der Waals surface area contributed by atoms with E-state index in [1.807, 2.05) is 50.2 Å². The summed E-state index contributed by atoms with van der Waals surface area (Å²) in [7, 11) is 0. The lowest BCUT2D eigenvalue weighted by Crippen LogP contribution is -2.24. The van der Waals surface area contributed by atoms with E-state index in [9.17, 15) is 4.79 Å². The fourth-order valence-corrected chi connectivity index (χ4v) is 4.33. The van der Waals surface area contributed by atoms with Crippen molar-refractivity contribution >= 4 is 50.0 Å². The lowest BCUT2D eigenvalue weighted by atomic mass is 10.2. The molecule has 0 saturated heterocycles. The second-order valence-corrected chi connectivity index (χ2v) is 7.87. The van der Waals surface area contributed by atoms with Gasteiger partial charge in [0.2, 0.25) is 5.91 Å². The minimum absolute atomic E-state index is 0.0271. The van der Waals surface area contributed by atoms with E-state index < -0.39 is 0 Å². The van der Waals surface area contributed by atoms with Crippen LogP contribution in [0.25, 0.3) is 10.2 Å². The molecule has 4 nitrogen and oxygen atoms in total. The largest absolute Gasteiger partial charge is 0.399 e. The van der Waals surface area contributed by atoms with Crippen LogP contribution < -0.4 is 11.1 Å². The number of anilines is 2. The molecule has 0 aliphatic rings. The number of nitrogens with two attached hydrogens (primary N) is 1. The Morgan fingerprint density at radius 3 is 2.92 bits per heavy atom. The first-order valence-corrected chi connectivity index (χ1v) is 9.45. The molecule has 0 spiro atoms. The predicted octanol–water partition coefficient (Wildman–Crippen LogP) is 4.70. The molecular formula is C18H19N3OS2. The number of amides is 1. The molecule has 1 unspecified atom stereocenters. The number of thiazole rings is 1. The van der Waals surface area contributed by atoms with Crippen molar-refractivity contribution in [3.63, 3.8) is 0 Å². The SMILES string of the molecule is CCC(Sc1cccc(N)c1)C(=O)Nc1nc2ccc(C)cc2s1. The smallest absolute Gasteiger partial charge is 0.239 e. The molecule has 124 valence electrons. The Kier molecular flexibility index (Phi) is 5.06. The van der Waals surface area contributed by atoms with Gasteiger partial charge in [0.15, 0.2) is 5.13 Å². The quantitative estimate of drug-likeness (QED) is 0.513. The molecule has 0 aliphatic carbocycles. The maximum absolute atomic E-state index is 12.6. The first-order chi connectivity index (χ1) is 11.5. The fourth-order valence-electron chi connectivity index (χ4n) is 2.35. The van der Waals surface area contributed by atoms with Gasteiger partial charge in [-0.2, -0.15) is 0 Å². The molecule has 0 radical (unpaired) electrons. The molecule has 0 saturated carbocycles. The lowest BCUT2D eigenvalue weighted by Gasteiger charge is -2.13. The maximum atomic E-state index is 12.6. The number of rotatable bonds is 5. The summed E-state index contributed by atoms with van der Waals surface area (Å²) in [5.74, 6) is -0.0271. The van der Waals surface area contributed by atoms with Crippen molar-refractivity contribution in [3.8, 4) is 0 Å². The zero-order valence-corrected chi connectivity index (χ0v) is 15.2. The van der Waals surface area contributed by atoms with Crippen LogP contribution in [0.1, 0.15) is 18.9 Å². The third-order valence-corrected chi connectivity index (χ3v) is 5.87. The third kappa shape index (κ3) is 3.88. The average Bonchev–Trinajstić information content (AvgIpc) is 2.93. The van der Waals surface area contributed by atoms with E-state index in [0.717, 1.165) is 21.5 Å². The summed E-state index contributed by atoms with van der Waals surface area (Å²) in [5, 5.41) is 3.42. The number of nitrogens with zero attached hydrogens (tertiary/aromatic N) is 1. The standard InChI is InChI=1S/C18H19N3OS2/c1-3-15(23-13-6-4-5-12(19)10-13)17(22)21-18-20-14-8-7-11(2)9-16(14)24-18/h4-10,15H,3,19H2,1-2H3,(H,20,21,22). The van der Waals surface area contributed by atoms with E-state index in [1.54, 1.807) is 0 Å². The Morgan fingerprint density at radius 1 is 1.33 bits per heavy atom. The number of aryl methyl sites for hydroxylation is 1. The summed E-state index contributed by atoms with van der Waals surface area (Å²) < 4.78 is 1.09. The highest BCUT2D eigenvalue weighted by Gasteiger charge is 2.19. The van der Waals surface area contributed by atoms with E-state index in [1.165, 1.54) is 28.7 Å². The van der Waals surface area contributed by atoms with Gasteiger partial charge in [-0.1, -0.05) is 30.4 Å². The number of benzene rings is 2. The van der Waals surface area contributed by atoms with E-state index in [0.29, 0.717) is 10.8 Å². The molecule has 1 amide bonds. The number of hydrogen-bond acceptors (Lipinski definition) is 5. The van der Waals surface area contributed by atoms with E-state index in [4.69, 9.17) is 5.73 Å². The molecule has 0 fully saturated rings. The number of aromatic nitrogens is 1. The molecule has 0 bridgehead atoms. The van der Waals surface area contributed by atoms with Crippen LogP contribution in [0.4, 0.5) is 10.8 Å². The van der Waals surface area contributed by atoms with Crippen LogP contribution in [0.15, 0.2) is 47.4 Å². The number of hydrogen-bond donors (Lipinski definition) is 2. The molecule has 1 atom stereocenters. The van der Waals surface area contributed by atoms with Crippen LogP contribution in [-0.4, -0.2) is 16.1 Å². The average molecular weight is 358 g/mol. The van der Waals surface area contributed by atoms with Gasteiger partial charge in [-0.25, -0.2) is 4.98 Å². The molecule has 24 heavy (non-hydrogen) atoms. The zero-order chi connectivity index (χ0) is 17.1. The van der Waals surface area contributed by atoms with Crippen molar-refractivity contribution in [2.75, 3.05) is 11.1 Å². The summed E-state index contributed by atoms with van der Waals surface area (Å²) in [4.78, 5) is 18.1. The monoisotopic (exact) mass is 357 g/mol. The molecule has 3 rings (SSSR count). The second-order valence-electron chi connectivity index (χ2n) is 5.57. The topological polar surface area (TPSA) is 68.0 Å². The maximum Gasteiger partial charge on any atom is 0.239 e. The number of fused-ring (bicyclic) bond motifs is 1. The Bertz CT molecular complexity index is 876. The van der Waals surface area contributed by atoms with Crippen LogP contribution in [0.2, 0.25) is 0 Å². The van der Waals surface area contributed by atoms with Gasteiger partial charge in [0.25, 0.3) is 0 Å². The Hall–Kier alpha value is -2.05. The Balaban J connectivity index is 1.73. The minimum atomic E-state index is -0.180. The first kappa shape index (κ1) is 16.8. The summed E-state index contributed by atoms with van der Waals surface area (Å²) in [6.45, 7) is 4.05. The molecule has 2 aromatic carbocycles. The molecule has 0 aliphatic heterocycles. The van der Waals surface area contributed by atoms with Crippen molar-refractivity contribution in [1.82, 2.24) is 4.98 Å². The predicted molar refractivity (Wildman–Crippen MR) is 104 cm³/mol. The second kappa shape index (κ2) is 7.23. The third-order valence-electron chi connectivity index (χ3n) is 3.57. The highest BCUT2D eigenvalue weighted by molar-refractivity contribution is 8.00. The van der Waals surface area contributed by atoms with Gasteiger partial charge in [0.1, 0.15) is 0 Å². The number of thioether (sulfide) groups is 1. The zero-order valence-electron chi connectivity index (χ0n) is 13.6. The molecule has 6 heteroatoms. The Morgan fingerprint density at radius 2 is 2.17 bits per heavy atom. The molecule has 3 N–H and O–H groups in total. The van der Waals surface area contributed by atoms with Gasteiger partial charge < -0.3 is 11.1 Å².